The van der Waals surface area contributed by atoms with Crippen LogP contribution in [0.15, 0.2) is 36.8 Å². The molecule has 0 unspecified atom stereocenters. The van der Waals surface area contributed by atoms with Crippen LogP contribution in [0.25, 0.3) is 0 Å². The molecule has 3 rings (SSSR count). The van der Waals surface area contributed by atoms with Crippen molar-refractivity contribution in [1.29, 1.82) is 0 Å². The molecule has 0 spiro atoms. The number of rotatable bonds is 7. The van der Waals surface area contributed by atoms with E-state index in [4.69, 9.17) is 23.2 Å². The lowest BCUT2D eigenvalue weighted by Crippen LogP contribution is -2.47. The smallest absolute Gasteiger partial charge is 0.244 e. The number of carbonyl (C=O) groups is 2. The molecule has 0 saturated carbocycles. The molecule has 2 amide bonds. The van der Waals surface area contributed by atoms with Gasteiger partial charge in [-0.25, -0.2) is 4.98 Å². The van der Waals surface area contributed by atoms with Crippen LogP contribution >= 0.6 is 23.2 Å². The van der Waals surface area contributed by atoms with Gasteiger partial charge in [0.15, 0.2) is 0 Å². The van der Waals surface area contributed by atoms with E-state index in [1.165, 1.54) is 0 Å². The largest absolute Gasteiger partial charge is 0.355 e. The van der Waals surface area contributed by atoms with E-state index in [1.54, 1.807) is 41.7 Å². The van der Waals surface area contributed by atoms with Gasteiger partial charge in [-0.05, 0) is 37.5 Å². The summed E-state index contributed by atoms with van der Waals surface area (Å²) in [5, 5.41) is 3.62. The number of halogens is 2. The Bertz CT molecular complexity index is 881. The molecule has 0 radical (unpaired) electrons. The molecule has 30 heavy (non-hydrogen) atoms. The third-order valence-corrected chi connectivity index (χ3v) is 5.54. The van der Waals surface area contributed by atoms with Crippen LogP contribution in [0, 0.1) is 5.92 Å². The minimum Gasteiger partial charge on any atom is -0.355 e. The van der Waals surface area contributed by atoms with E-state index >= 15 is 0 Å². The van der Waals surface area contributed by atoms with Gasteiger partial charge in [-0.3, -0.25) is 14.6 Å². The lowest BCUT2D eigenvalue weighted by molar-refractivity contribution is -0.138. The van der Waals surface area contributed by atoms with Crippen molar-refractivity contribution in [3.63, 3.8) is 0 Å². The van der Waals surface area contributed by atoms with Crippen LogP contribution in [0.2, 0.25) is 10.0 Å². The van der Waals surface area contributed by atoms with Crippen molar-refractivity contribution >= 4 is 46.5 Å². The van der Waals surface area contributed by atoms with E-state index in [2.05, 4.69) is 20.2 Å². The molecule has 1 aliphatic heterocycles. The summed E-state index contributed by atoms with van der Waals surface area (Å²) in [7, 11) is 0. The first-order chi connectivity index (χ1) is 14.5. The summed E-state index contributed by atoms with van der Waals surface area (Å²) in [6, 6.07) is 4.87. The molecule has 0 bridgehead atoms. The number of amides is 2. The van der Waals surface area contributed by atoms with E-state index in [9.17, 15) is 9.59 Å². The SMILES string of the molecule is CCCN(CC(=O)Nc1ccc(Cl)cc1Cl)C(=O)[C@@H]1CCCN(c2cnccn2)C1. The topological polar surface area (TPSA) is 78.4 Å². The Kier molecular flexibility index (Phi) is 7.87. The maximum absolute atomic E-state index is 13.2. The van der Waals surface area contributed by atoms with Gasteiger partial charge in [0.1, 0.15) is 5.82 Å². The molecular weight excluding hydrogens is 425 g/mol. The molecule has 1 aromatic heterocycles. The summed E-state index contributed by atoms with van der Waals surface area (Å²) < 4.78 is 0. The van der Waals surface area contributed by atoms with Gasteiger partial charge in [0.25, 0.3) is 0 Å². The Morgan fingerprint density at radius 1 is 1.30 bits per heavy atom. The van der Waals surface area contributed by atoms with Gasteiger partial charge in [-0.1, -0.05) is 30.1 Å². The zero-order chi connectivity index (χ0) is 21.5. The summed E-state index contributed by atoms with van der Waals surface area (Å²) in [4.78, 5) is 38.0. The van der Waals surface area contributed by atoms with E-state index in [1.807, 2.05) is 6.92 Å². The fraction of sp³-hybridized carbons (Fsp3) is 0.429. The van der Waals surface area contributed by atoms with Crippen LogP contribution in [0.4, 0.5) is 11.5 Å². The number of piperidine rings is 1. The number of benzene rings is 1. The Hall–Kier alpha value is -2.38. The normalized spacial score (nSPS) is 16.2. The Morgan fingerprint density at radius 3 is 2.83 bits per heavy atom. The number of hydrogen-bond acceptors (Lipinski definition) is 5. The number of nitrogens with one attached hydrogen (secondary N) is 1. The maximum atomic E-state index is 13.2. The van der Waals surface area contributed by atoms with Gasteiger partial charge in [-0.15, -0.1) is 0 Å². The van der Waals surface area contributed by atoms with Crippen LogP contribution in [0.5, 0.6) is 0 Å². The molecule has 1 atom stereocenters. The van der Waals surface area contributed by atoms with Crippen molar-refractivity contribution in [2.45, 2.75) is 26.2 Å². The van der Waals surface area contributed by atoms with Gasteiger partial charge >= 0.3 is 0 Å². The standard InChI is InChI=1S/C21H25Cl2N5O2/c1-2-9-28(14-20(29)26-18-6-5-16(22)11-17(18)23)21(30)15-4-3-10-27(13-15)19-12-24-7-8-25-19/h5-8,11-12,15H,2-4,9-10,13-14H2,1H3,(H,26,29)/t15-/m1/s1. The summed E-state index contributed by atoms with van der Waals surface area (Å²) in [6.45, 7) is 3.89. The second-order valence-corrected chi connectivity index (χ2v) is 8.12. The quantitative estimate of drug-likeness (QED) is 0.693. The highest BCUT2D eigenvalue weighted by molar-refractivity contribution is 6.36. The average Bonchev–Trinajstić information content (AvgIpc) is 2.75. The Balaban J connectivity index is 1.64. The van der Waals surface area contributed by atoms with Gasteiger partial charge in [0.2, 0.25) is 11.8 Å². The molecule has 9 heteroatoms. The zero-order valence-electron chi connectivity index (χ0n) is 16.9. The van der Waals surface area contributed by atoms with Crippen molar-refractivity contribution in [2.75, 3.05) is 36.4 Å². The predicted molar refractivity (Wildman–Crippen MR) is 119 cm³/mol. The first-order valence-corrected chi connectivity index (χ1v) is 10.8. The number of aromatic nitrogens is 2. The molecule has 7 nitrogen and oxygen atoms in total. The summed E-state index contributed by atoms with van der Waals surface area (Å²) >= 11 is 12.0. The second-order valence-electron chi connectivity index (χ2n) is 7.28. The molecule has 1 N–H and O–H groups in total. The molecule has 2 heterocycles. The van der Waals surface area contributed by atoms with Crippen LogP contribution in [-0.4, -0.2) is 52.9 Å². The molecule has 2 aromatic rings. The number of anilines is 2. The van der Waals surface area contributed by atoms with Crippen molar-refractivity contribution < 1.29 is 9.59 Å². The van der Waals surface area contributed by atoms with Crippen LogP contribution in [0.3, 0.4) is 0 Å². The summed E-state index contributed by atoms with van der Waals surface area (Å²) in [5.41, 5.74) is 0.474. The van der Waals surface area contributed by atoms with Crippen molar-refractivity contribution in [3.05, 3.63) is 46.8 Å². The highest BCUT2D eigenvalue weighted by atomic mass is 35.5. The molecular formula is C21H25Cl2N5O2. The molecule has 1 saturated heterocycles. The van der Waals surface area contributed by atoms with Crippen LogP contribution < -0.4 is 10.2 Å². The second kappa shape index (κ2) is 10.6. The zero-order valence-corrected chi connectivity index (χ0v) is 18.4. The van der Waals surface area contributed by atoms with Gasteiger partial charge in [-0.2, -0.15) is 0 Å². The first-order valence-electron chi connectivity index (χ1n) is 10.0. The highest BCUT2D eigenvalue weighted by Gasteiger charge is 2.30. The fourth-order valence-corrected chi connectivity index (χ4v) is 4.05. The van der Waals surface area contributed by atoms with Crippen molar-refractivity contribution in [3.8, 4) is 0 Å². The average molecular weight is 450 g/mol. The lowest BCUT2D eigenvalue weighted by atomic mass is 9.96. The molecule has 1 fully saturated rings. The fourth-order valence-electron chi connectivity index (χ4n) is 3.59. The van der Waals surface area contributed by atoms with Crippen LogP contribution in [0.1, 0.15) is 26.2 Å². The van der Waals surface area contributed by atoms with Crippen molar-refractivity contribution in [2.24, 2.45) is 5.92 Å². The molecule has 1 aliphatic rings. The first kappa shape index (κ1) is 22.3. The summed E-state index contributed by atoms with van der Waals surface area (Å²) in [5.74, 6) is 0.289. The van der Waals surface area contributed by atoms with E-state index < -0.39 is 0 Å². The number of nitrogens with zero attached hydrogens (tertiary/aromatic N) is 4. The van der Waals surface area contributed by atoms with E-state index in [0.29, 0.717) is 28.8 Å². The van der Waals surface area contributed by atoms with Crippen molar-refractivity contribution in [1.82, 2.24) is 14.9 Å². The van der Waals surface area contributed by atoms with Crippen LogP contribution in [-0.2, 0) is 9.59 Å². The maximum Gasteiger partial charge on any atom is 0.244 e. The van der Waals surface area contributed by atoms with Gasteiger partial charge < -0.3 is 15.1 Å². The minimum atomic E-state index is -0.289. The van der Waals surface area contributed by atoms with E-state index in [-0.39, 0.29) is 24.3 Å². The molecule has 1 aromatic carbocycles. The van der Waals surface area contributed by atoms with Gasteiger partial charge in [0.05, 0.1) is 29.4 Å². The third-order valence-electron chi connectivity index (χ3n) is 4.99. The lowest BCUT2D eigenvalue weighted by Gasteiger charge is -2.35. The number of carbonyl (C=O) groups excluding carboxylic acids is 2. The number of hydrogen-bond donors (Lipinski definition) is 1. The molecule has 0 aliphatic carbocycles. The predicted octanol–water partition coefficient (Wildman–Crippen LogP) is 3.88. The Labute approximate surface area is 186 Å². The third kappa shape index (κ3) is 5.83. The monoisotopic (exact) mass is 449 g/mol. The Morgan fingerprint density at radius 2 is 2.13 bits per heavy atom. The van der Waals surface area contributed by atoms with Gasteiger partial charge in [0, 0.05) is 37.1 Å². The highest BCUT2D eigenvalue weighted by Crippen LogP contribution is 2.26. The minimum absolute atomic E-state index is 0.0113. The summed E-state index contributed by atoms with van der Waals surface area (Å²) in [6.07, 6.45) is 7.43. The van der Waals surface area contributed by atoms with E-state index in [0.717, 1.165) is 31.6 Å². The molecule has 160 valence electrons.